The van der Waals surface area contributed by atoms with Crippen LogP contribution in [0.3, 0.4) is 0 Å². The molecule has 0 saturated carbocycles. The van der Waals surface area contributed by atoms with Gasteiger partial charge in [0.25, 0.3) is 0 Å². The number of H-pyrrole nitrogens is 1. The maximum absolute atomic E-state index is 13.3. The Balaban J connectivity index is 1.30. The number of halogens is 1. The highest BCUT2D eigenvalue weighted by atomic mass is 19.1. The van der Waals surface area contributed by atoms with Crippen LogP contribution in [0.15, 0.2) is 79.1 Å². The predicted octanol–water partition coefficient (Wildman–Crippen LogP) is 4.87. The van der Waals surface area contributed by atoms with Crippen molar-refractivity contribution in [3.8, 4) is 22.4 Å². The van der Waals surface area contributed by atoms with Gasteiger partial charge in [-0.15, -0.1) is 0 Å². The number of nitrogens with one attached hydrogen (secondary N) is 3. The molecule has 2 aromatic heterocycles. The van der Waals surface area contributed by atoms with Crippen molar-refractivity contribution in [3.05, 3.63) is 84.9 Å². The first-order valence-electron chi connectivity index (χ1n) is 10.6. The third-order valence-corrected chi connectivity index (χ3v) is 5.36. The molecule has 4 N–H and O–H groups in total. The number of nitrogens with zero attached hydrogens (tertiary/aromatic N) is 3. The van der Waals surface area contributed by atoms with Crippen LogP contribution >= 0.6 is 0 Å². The predicted molar refractivity (Wildman–Crippen MR) is 129 cm³/mol. The normalized spacial score (nSPS) is 11.0. The molecule has 5 rings (SSSR count). The van der Waals surface area contributed by atoms with E-state index in [2.05, 4.69) is 25.9 Å². The van der Waals surface area contributed by atoms with Crippen LogP contribution in [0, 0.1) is 5.82 Å². The second-order valence-electron chi connectivity index (χ2n) is 7.72. The monoisotopic (exact) mass is 456 g/mol. The minimum atomic E-state index is -0.452. The summed E-state index contributed by atoms with van der Waals surface area (Å²) in [5, 5.41) is 27.2. The SMILES string of the molecule is O=C(Nc1ccc(-c2ccc3c(-c4cnn(CCO)c4)n[nH]c3c2)cc1)Nc1cccc(F)c1. The second kappa shape index (κ2) is 9.16. The molecule has 5 aromatic rings. The molecule has 34 heavy (non-hydrogen) atoms. The Morgan fingerprint density at radius 1 is 0.971 bits per heavy atom. The van der Waals surface area contributed by atoms with Gasteiger partial charge in [0.05, 0.1) is 24.9 Å². The molecule has 0 radical (unpaired) electrons. The number of hydrogen-bond donors (Lipinski definition) is 4. The van der Waals surface area contributed by atoms with Gasteiger partial charge >= 0.3 is 6.03 Å². The molecule has 0 aliphatic carbocycles. The van der Waals surface area contributed by atoms with Gasteiger partial charge in [-0.3, -0.25) is 9.78 Å². The molecule has 0 atom stereocenters. The zero-order chi connectivity index (χ0) is 23.5. The number of anilines is 2. The Bertz CT molecular complexity index is 1460. The molecule has 2 heterocycles. The lowest BCUT2D eigenvalue weighted by molar-refractivity contribution is 0.262. The highest BCUT2D eigenvalue weighted by Gasteiger charge is 2.12. The number of hydrogen-bond acceptors (Lipinski definition) is 4. The van der Waals surface area contributed by atoms with Crippen LogP contribution in [-0.4, -0.2) is 37.7 Å². The standard InChI is InChI=1S/C25H21FN6O2/c26-19-2-1-3-21(13-19)29-25(34)28-20-7-4-16(5-8-20)17-6-9-22-23(12-17)30-31-24(22)18-14-27-32(15-18)10-11-33/h1-9,12-15,33H,10-11H2,(H,30,31)(H2,28,29,34). The Hall–Kier alpha value is -4.50. The smallest absolute Gasteiger partial charge is 0.323 e. The fraction of sp³-hybridized carbons (Fsp3) is 0.0800. The van der Waals surface area contributed by atoms with E-state index in [0.717, 1.165) is 33.3 Å². The third-order valence-electron chi connectivity index (χ3n) is 5.36. The molecule has 170 valence electrons. The highest BCUT2D eigenvalue weighted by molar-refractivity contribution is 6.00. The van der Waals surface area contributed by atoms with Gasteiger partial charge in [0.1, 0.15) is 11.5 Å². The summed E-state index contributed by atoms with van der Waals surface area (Å²) in [5.74, 6) is -0.416. The summed E-state index contributed by atoms with van der Waals surface area (Å²) in [6.45, 7) is 0.460. The lowest BCUT2D eigenvalue weighted by Crippen LogP contribution is -2.19. The van der Waals surface area contributed by atoms with Crippen LogP contribution in [-0.2, 0) is 6.54 Å². The number of fused-ring (bicyclic) bond motifs is 1. The summed E-state index contributed by atoms with van der Waals surface area (Å²) in [7, 11) is 0. The molecular formula is C25H21FN6O2. The second-order valence-corrected chi connectivity index (χ2v) is 7.72. The van der Waals surface area contributed by atoms with E-state index in [1.54, 1.807) is 29.1 Å². The number of aliphatic hydroxyl groups excluding tert-OH is 1. The van der Waals surface area contributed by atoms with Crippen LogP contribution in [0.5, 0.6) is 0 Å². The van der Waals surface area contributed by atoms with E-state index in [9.17, 15) is 9.18 Å². The van der Waals surface area contributed by atoms with E-state index in [1.807, 2.05) is 36.5 Å². The van der Waals surface area contributed by atoms with Crippen LogP contribution < -0.4 is 10.6 Å². The number of benzene rings is 3. The van der Waals surface area contributed by atoms with Crippen molar-refractivity contribution >= 4 is 28.3 Å². The average Bonchev–Trinajstić information content (AvgIpc) is 3.46. The number of urea groups is 1. The molecule has 0 aliphatic heterocycles. The first-order chi connectivity index (χ1) is 16.6. The number of aliphatic hydroxyl groups is 1. The van der Waals surface area contributed by atoms with Gasteiger partial charge in [-0.1, -0.05) is 24.3 Å². The van der Waals surface area contributed by atoms with Crippen LogP contribution in [0.4, 0.5) is 20.6 Å². The summed E-state index contributed by atoms with van der Waals surface area (Å²) in [6.07, 6.45) is 3.59. The van der Waals surface area contributed by atoms with Crippen molar-refractivity contribution in [1.82, 2.24) is 20.0 Å². The van der Waals surface area contributed by atoms with Gasteiger partial charge in [0, 0.05) is 28.5 Å². The lowest BCUT2D eigenvalue weighted by atomic mass is 10.0. The largest absolute Gasteiger partial charge is 0.394 e. The van der Waals surface area contributed by atoms with Crippen molar-refractivity contribution in [3.63, 3.8) is 0 Å². The minimum absolute atomic E-state index is 0.0256. The lowest BCUT2D eigenvalue weighted by Gasteiger charge is -2.09. The molecule has 8 nitrogen and oxygen atoms in total. The van der Waals surface area contributed by atoms with Crippen molar-refractivity contribution in [2.45, 2.75) is 6.54 Å². The average molecular weight is 456 g/mol. The molecule has 0 fully saturated rings. The molecular weight excluding hydrogens is 435 g/mol. The van der Waals surface area contributed by atoms with E-state index in [4.69, 9.17) is 5.11 Å². The summed E-state index contributed by atoms with van der Waals surface area (Å²) >= 11 is 0. The zero-order valence-electron chi connectivity index (χ0n) is 18.0. The van der Waals surface area contributed by atoms with Gasteiger partial charge in [0.15, 0.2) is 0 Å². The quantitative estimate of drug-likeness (QED) is 0.292. The van der Waals surface area contributed by atoms with Crippen molar-refractivity contribution in [2.24, 2.45) is 0 Å². The van der Waals surface area contributed by atoms with E-state index in [-0.39, 0.29) is 6.61 Å². The summed E-state index contributed by atoms with van der Waals surface area (Å²) in [6, 6.07) is 18.7. The Morgan fingerprint density at radius 3 is 2.56 bits per heavy atom. The fourth-order valence-electron chi connectivity index (χ4n) is 3.74. The van der Waals surface area contributed by atoms with E-state index < -0.39 is 11.8 Å². The van der Waals surface area contributed by atoms with Gasteiger partial charge < -0.3 is 15.7 Å². The van der Waals surface area contributed by atoms with E-state index in [0.29, 0.717) is 17.9 Å². The molecule has 3 aromatic carbocycles. The number of amides is 2. The van der Waals surface area contributed by atoms with Gasteiger partial charge in [-0.05, 0) is 53.6 Å². The molecule has 0 bridgehead atoms. The third kappa shape index (κ3) is 4.50. The van der Waals surface area contributed by atoms with Crippen LogP contribution in [0.2, 0.25) is 0 Å². The molecule has 0 unspecified atom stereocenters. The Kier molecular flexibility index (Phi) is 5.75. The maximum atomic E-state index is 13.3. The van der Waals surface area contributed by atoms with Crippen LogP contribution in [0.25, 0.3) is 33.3 Å². The van der Waals surface area contributed by atoms with Gasteiger partial charge in [0.2, 0.25) is 0 Å². The number of rotatable bonds is 6. The molecule has 2 amide bonds. The first kappa shape index (κ1) is 21.4. The number of aromatic amines is 1. The minimum Gasteiger partial charge on any atom is -0.394 e. The summed E-state index contributed by atoms with van der Waals surface area (Å²) < 4.78 is 15.0. The van der Waals surface area contributed by atoms with Crippen LogP contribution in [0.1, 0.15) is 0 Å². The number of aromatic nitrogens is 4. The summed E-state index contributed by atoms with van der Waals surface area (Å²) in [5.41, 5.74) is 5.52. The number of carbonyl (C=O) groups excluding carboxylic acids is 1. The van der Waals surface area contributed by atoms with E-state index >= 15 is 0 Å². The first-order valence-corrected chi connectivity index (χ1v) is 10.6. The molecule has 0 spiro atoms. The van der Waals surface area contributed by atoms with Crippen molar-refractivity contribution in [1.29, 1.82) is 0 Å². The molecule has 0 saturated heterocycles. The molecule has 0 aliphatic rings. The molecule has 9 heteroatoms. The maximum Gasteiger partial charge on any atom is 0.323 e. The van der Waals surface area contributed by atoms with Crippen molar-refractivity contribution < 1.29 is 14.3 Å². The van der Waals surface area contributed by atoms with Gasteiger partial charge in [-0.25, -0.2) is 9.18 Å². The Morgan fingerprint density at radius 2 is 1.76 bits per heavy atom. The van der Waals surface area contributed by atoms with Gasteiger partial charge in [-0.2, -0.15) is 10.2 Å². The highest BCUT2D eigenvalue weighted by Crippen LogP contribution is 2.30. The topological polar surface area (TPSA) is 108 Å². The summed E-state index contributed by atoms with van der Waals surface area (Å²) in [4.78, 5) is 12.2. The van der Waals surface area contributed by atoms with E-state index in [1.165, 1.54) is 18.2 Å². The zero-order valence-corrected chi connectivity index (χ0v) is 18.0. The van der Waals surface area contributed by atoms with Crippen molar-refractivity contribution in [2.75, 3.05) is 17.2 Å². The number of carbonyl (C=O) groups is 1. The fourth-order valence-corrected chi connectivity index (χ4v) is 3.74. The Labute approximate surface area is 194 Å².